The fourth-order valence-corrected chi connectivity index (χ4v) is 3.81. The standard InChI is InChI=1S/C20H30N2O2/c1-22(14-17-9-5-6-10-19(17)23)20(24)21-18(16-11-12-16)13-15-7-3-2-4-8-15/h2-4,7-8,16-19,23H,5-6,9-14H2,1H3,(H,21,24). The summed E-state index contributed by atoms with van der Waals surface area (Å²) in [6.45, 7) is 0.649. The third-order valence-electron chi connectivity index (χ3n) is 5.52. The maximum absolute atomic E-state index is 12.6. The molecule has 0 spiro atoms. The van der Waals surface area contributed by atoms with E-state index in [0.29, 0.717) is 12.5 Å². The lowest BCUT2D eigenvalue weighted by Gasteiger charge is -2.32. The normalized spacial score (nSPS) is 25.1. The summed E-state index contributed by atoms with van der Waals surface area (Å²) < 4.78 is 0. The summed E-state index contributed by atoms with van der Waals surface area (Å²) >= 11 is 0. The van der Waals surface area contributed by atoms with Crippen LogP contribution in [0.4, 0.5) is 4.79 Å². The first-order valence-corrected chi connectivity index (χ1v) is 9.37. The Labute approximate surface area is 145 Å². The molecule has 2 fully saturated rings. The Kier molecular flexibility index (Phi) is 5.77. The van der Waals surface area contributed by atoms with E-state index in [-0.39, 0.29) is 24.1 Å². The van der Waals surface area contributed by atoms with Crippen molar-refractivity contribution in [3.8, 4) is 0 Å². The SMILES string of the molecule is CN(CC1CCCCC1O)C(=O)NC(Cc1ccccc1)C1CC1. The number of nitrogens with zero attached hydrogens (tertiary/aromatic N) is 1. The molecule has 1 aromatic carbocycles. The molecule has 4 heteroatoms. The van der Waals surface area contributed by atoms with E-state index in [9.17, 15) is 9.90 Å². The van der Waals surface area contributed by atoms with Crippen molar-refractivity contribution >= 4 is 6.03 Å². The third kappa shape index (κ3) is 4.73. The van der Waals surface area contributed by atoms with E-state index in [1.165, 1.54) is 18.4 Å². The highest BCUT2D eigenvalue weighted by molar-refractivity contribution is 5.74. The van der Waals surface area contributed by atoms with Crippen LogP contribution in [0.1, 0.15) is 44.1 Å². The van der Waals surface area contributed by atoms with E-state index in [2.05, 4.69) is 29.6 Å². The minimum atomic E-state index is -0.252. The Morgan fingerprint density at radius 2 is 1.92 bits per heavy atom. The van der Waals surface area contributed by atoms with Gasteiger partial charge >= 0.3 is 6.03 Å². The van der Waals surface area contributed by atoms with Gasteiger partial charge in [-0.05, 0) is 43.6 Å². The molecule has 4 nitrogen and oxygen atoms in total. The number of benzene rings is 1. The molecule has 2 amide bonds. The van der Waals surface area contributed by atoms with Gasteiger partial charge < -0.3 is 15.3 Å². The maximum atomic E-state index is 12.6. The number of carbonyl (C=O) groups excluding carboxylic acids is 1. The summed E-state index contributed by atoms with van der Waals surface area (Å²) in [5.41, 5.74) is 1.28. The lowest BCUT2D eigenvalue weighted by Crippen LogP contribution is -2.47. The van der Waals surface area contributed by atoms with Gasteiger partial charge in [-0.15, -0.1) is 0 Å². The fourth-order valence-electron chi connectivity index (χ4n) is 3.81. The van der Waals surface area contributed by atoms with Crippen LogP contribution < -0.4 is 5.32 Å². The topological polar surface area (TPSA) is 52.6 Å². The van der Waals surface area contributed by atoms with Gasteiger partial charge in [-0.1, -0.05) is 43.2 Å². The highest BCUT2D eigenvalue weighted by atomic mass is 16.3. The molecule has 3 rings (SSSR count). The van der Waals surface area contributed by atoms with Crippen LogP contribution >= 0.6 is 0 Å². The van der Waals surface area contributed by atoms with Gasteiger partial charge in [0, 0.05) is 25.6 Å². The quantitative estimate of drug-likeness (QED) is 0.841. The molecule has 1 aromatic rings. The predicted octanol–water partition coefficient (Wildman–Crippen LogP) is 3.20. The van der Waals surface area contributed by atoms with Gasteiger partial charge in [0.25, 0.3) is 0 Å². The lowest BCUT2D eigenvalue weighted by molar-refractivity contribution is 0.0562. The minimum absolute atomic E-state index is 0.000560. The molecule has 0 bridgehead atoms. The van der Waals surface area contributed by atoms with Crippen molar-refractivity contribution in [2.45, 2.75) is 57.1 Å². The van der Waals surface area contributed by atoms with E-state index in [0.717, 1.165) is 32.1 Å². The molecule has 2 saturated carbocycles. The molecule has 0 aliphatic heterocycles. The molecule has 3 unspecified atom stereocenters. The van der Waals surface area contributed by atoms with Crippen molar-refractivity contribution in [1.29, 1.82) is 0 Å². The van der Waals surface area contributed by atoms with Crippen molar-refractivity contribution in [2.24, 2.45) is 11.8 Å². The highest BCUT2D eigenvalue weighted by Crippen LogP contribution is 2.34. The number of aliphatic hydroxyl groups excluding tert-OH is 1. The molecule has 0 heterocycles. The number of nitrogens with one attached hydrogen (secondary N) is 1. The molecule has 2 N–H and O–H groups in total. The Morgan fingerprint density at radius 1 is 1.21 bits per heavy atom. The van der Waals surface area contributed by atoms with E-state index in [1.807, 2.05) is 13.1 Å². The first-order valence-electron chi connectivity index (χ1n) is 9.37. The Balaban J connectivity index is 1.53. The van der Waals surface area contributed by atoms with Crippen LogP contribution in [0.5, 0.6) is 0 Å². The molecule has 2 aliphatic rings. The molecule has 132 valence electrons. The van der Waals surface area contributed by atoms with Crippen LogP contribution in [0.2, 0.25) is 0 Å². The number of hydrogen-bond donors (Lipinski definition) is 2. The first kappa shape index (κ1) is 17.3. The van der Waals surface area contributed by atoms with Gasteiger partial charge in [-0.3, -0.25) is 0 Å². The molecule has 2 aliphatic carbocycles. The van der Waals surface area contributed by atoms with Crippen LogP contribution in [-0.2, 0) is 6.42 Å². The van der Waals surface area contributed by atoms with Crippen molar-refractivity contribution in [3.63, 3.8) is 0 Å². The highest BCUT2D eigenvalue weighted by Gasteiger charge is 2.33. The molecule has 0 saturated heterocycles. The number of hydrogen-bond acceptors (Lipinski definition) is 2. The smallest absolute Gasteiger partial charge is 0.317 e. The largest absolute Gasteiger partial charge is 0.393 e. The zero-order valence-electron chi connectivity index (χ0n) is 14.7. The Morgan fingerprint density at radius 3 is 2.58 bits per heavy atom. The lowest BCUT2D eigenvalue weighted by atomic mass is 9.86. The molecule has 24 heavy (non-hydrogen) atoms. The monoisotopic (exact) mass is 330 g/mol. The van der Waals surface area contributed by atoms with Crippen LogP contribution in [0.3, 0.4) is 0 Å². The summed E-state index contributed by atoms with van der Waals surface area (Å²) in [7, 11) is 1.85. The van der Waals surface area contributed by atoms with Gasteiger partial charge in [0.2, 0.25) is 0 Å². The van der Waals surface area contributed by atoms with Gasteiger partial charge in [0.15, 0.2) is 0 Å². The summed E-state index contributed by atoms with van der Waals surface area (Å²) in [5, 5.41) is 13.4. The van der Waals surface area contributed by atoms with Crippen molar-refractivity contribution in [2.75, 3.05) is 13.6 Å². The summed E-state index contributed by atoms with van der Waals surface area (Å²) in [6, 6.07) is 10.6. The second-order valence-electron chi connectivity index (χ2n) is 7.58. The van der Waals surface area contributed by atoms with Crippen molar-refractivity contribution in [1.82, 2.24) is 10.2 Å². The molecular formula is C20H30N2O2. The van der Waals surface area contributed by atoms with Gasteiger partial charge in [0.05, 0.1) is 6.10 Å². The number of amides is 2. The van der Waals surface area contributed by atoms with E-state index >= 15 is 0 Å². The number of aliphatic hydroxyl groups is 1. The predicted molar refractivity (Wildman–Crippen MR) is 95.8 cm³/mol. The fraction of sp³-hybridized carbons (Fsp3) is 0.650. The van der Waals surface area contributed by atoms with Gasteiger partial charge in [-0.2, -0.15) is 0 Å². The van der Waals surface area contributed by atoms with Gasteiger partial charge in [-0.25, -0.2) is 4.79 Å². The van der Waals surface area contributed by atoms with Crippen LogP contribution in [0.15, 0.2) is 30.3 Å². The Bertz CT molecular complexity index is 530. The zero-order chi connectivity index (χ0) is 16.9. The molecule has 0 aromatic heterocycles. The molecule has 0 radical (unpaired) electrons. The van der Waals surface area contributed by atoms with E-state index < -0.39 is 0 Å². The number of rotatable bonds is 6. The molecular weight excluding hydrogens is 300 g/mol. The number of urea groups is 1. The van der Waals surface area contributed by atoms with Crippen LogP contribution in [0, 0.1) is 11.8 Å². The second kappa shape index (κ2) is 8.02. The average Bonchev–Trinajstić information content (AvgIpc) is 3.42. The maximum Gasteiger partial charge on any atom is 0.317 e. The van der Waals surface area contributed by atoms with E-state index in [4.69, 9.17) is 0 Å². The number of carbonyl (C=O) groups is 1. The van der Waals surface area contributed by atoms with Crippen molar-refractivity contribution < 1.29 is 9.90 Å². The average molecular weight is 330 g/mol. The van der Waals surface area contributed by atoms with Crippen molar-refractivity contribution in [3.05, 3.63) is 35.9 Å². The summed E-state index contributed by atoms with van der Waals surface area (Å²) in [4.78, 5) is 14.4. The van der Waals surface area contributed by atoms with Crippen LogP contribution in [0.25, 0.3) is 0 Å². The zero-order valence-corrected chi connectivity index (χ0v) is 14.7. The second-order valence-corrected chi connectivity index (χ2v) is 7.58. The summed E-state index contributed by atoms with van der Waals surface area (Å²) in [5.74, 6) is 0.839. The third-order valence-corrected chi connectivity index (χ3v) is 5.52. The Hall–Kier alpha value is -1.55. The molecule has 3 atom stereocenters. The van der Waals surface area contributed by atoms with E-state index in [1.54, 1.807) is 4.90 Å². The van der Waals surface area contributed by atoms with Gasteiger partial charge in [0.1, 0.15) is 0 Å². The first-order chi connectivity index (χ1) is 11.6. The summed E-state index contributed by atoms with van der Waals surface area (Å²) in [6.07, 6.45) is 7.23. The minimum Gasteiger partial charge on any atom is -0.393 e. The van der Waals surface area contributed by atoms with Crippen LogP contribution in [-0.4, -0.2) is 41.8 Å².